The van der Waals surface area contributed by atoms with E-state index < -0.39 is 5.60 Å². The van der Waals surface area contributed by atoms with Crippen LogP contribution in [0.5, 0.6) is 5.75 Å². The van der Waals surface area contributed by atoms with Gasteiger partial charge in [-0.15, -0.1) is 0 Å². The first-order chi connectivity index (χ1) is 14.5. The average Bonchev–Trinajstić information content (AvgIpc) is 3.57. The monoisotopic (exact) mass is 435 g/mol. The number of urea groups is 1. The van der Waals surface area contributed by atoms with Gasteiger partial charge in [-0.2, -0.15) is 0 Å². The van der Waals surface area contributed by atoms with E-state index in [-0.39, 0.29) is 11.9 Å². The fraction of sp³-hybridized carbons (Fsp3) is 0.636. The lowest BCUT2D eigenvalue weighted by Gasteiger charge is -2.28. The second-order valence-corrected chi connectivity index (χ2v) is 9.12. The van der Waals surface area contributed by atoms with Crippen molar-refractivity contribution < 1.29 is 19.4 Å². The van der Waals surface area contributed by atoms with Crippen LogP contribution in [0.25, 0.3) is 0 Å². The van der Waals surface area contributed by atoms with E-state index in [4.69, 9.17) is 4.74 Å². The normalized spacial score (nSPS) is 18.8. The fourth-order valence-corrected chi connectivity index (χ4v) is 4.17. The lowest BCUT2D eigenvalue weighted by Crippen LogP contribution is -2.49. The Morgan fingerprint density at radius 1 is 1.33 bits per heavy atom. The number of imide groups is 1. The first-order valence-electron chi connectivity index (χ1n) is 10.9. The molecule has 0 aromatic heterocycles. The summed E-state index contributed by atoms with van der Waals surface area (Å²) in [5, 5.41) is 13.5. The van der Waals surface area contributed by atoms with Crippen molar-refractivity contribution in [3.05, 3.63) is 29.8 Å². The summed E-state index contributed by atoms with van der Waals surface area (Å²) in [5.74, 6) is 2.21. The zero-order valence-corrected chi connectivity index (χ0v) is 18.5. The molecule has 1 aromatic rings. The Balaban J connectivity index is 1.34. The van der Waals surface area contributed by atoms with Gasteiger partial charge in [0.15, 0.2) is 0 Å². The predicted molar refractivity (Wildman–Crippen MR) is 118 cm³/mol. The maximum atomic E-state index is 11.7. The van der Waals surface area contributed by atoms with Crippen molar-refractivity contribution in [3.63, 3.8) is 0 Å². The van der Waals surface area contributed by atoms with Crippen LogP contribution in [0.15, 0.2) is 24.3 Å². The van der Waals surface area contributed by atoms with Crippen LogP contribution in [0, 0.1) is 5.92 Å². The summed E-state index contributed by atoms with van der Waals surface area (Å²) in [6.45, 7) is 4.36. The zero-order valence-electron chi connectivity index (χ0n) is 17.7. The van der Waals surface area contributed by atoms with Gasteiger partial charge in [0.2, 0.25) is 5.91 Å². The molecule has 1 heterocycles. The lowest BCUT2D eigenvalue weighted by atomic mass is 9.91. The molecule has 166 valence electrons. The van der Waals surface area contributed by atoms with Crippen LogP contribution in [0.2, 0.25) is 0 Å². The quantitative estimate of drug-likeness (QED) is 0.326. The first-order valence-corrected chi connectivity index (χ1v) is 11.9. The number of benzene rings is 1. The van der Waals surface area contributed by atoms with Gasteiger partial charge >= 0.3 is 6.03 Å². The van der Waals surface area contributed by atoms with Crippen molar-refractivity contribution >= 4 is 23.9 Å². The van der Waals surface area contributed by atoms with E-state index in [1.54, 1.807) is 16.8 Å². The summed E-state index contributed by atoms with van der Waals surface area (Å²) in [6, 6.07) is 7.51. The SMILES string of the molecule is CC[C@@](O)(CNSCCCCN1CCC(=O)NC1=O)c1cccc(OCC2CC2)c1. The van der Waals surface area contributed by atoms with E-state index >= 15 is 0 Å². The highest BCUT2D eigenvalue weighted by atomic mass is 32.2. The second-order valence-electron chi connectivity index (χ2n) is 8.13. The Morgan fingerprint density at radius 2 is 2.17 bits per heavy atom. The van der Waals surface area contributed by atoms with E-state index in [0.29, 0.717) is 38.4 Å². The number of nitrogens with zero attached hydrogens (tertiary/aromatic N) is 1. The van der Waals surface area contributed by atoms with Gasteiger partial charge in [-0.25, -0.2) is 4.79 Å². The predicted octanol–water partition coefficient (Wildman–Crippen LogP) is 3.03. The number of unbranched alkanes of at least 4 members (excludes halogenated alkanes) is 1. The van der Waals surface area contributed by atoms with Crippen LogP contribution in [0.3, 0.4) is 0 Å². The number of carbonyl (C=O) groups is 2. The minimum Gasteiger partial charge on any atom is -0.493 e. The number of nitrogens with one attached hydrogen (secondary N) is 2. The summed E-state index contributed by atoms with van der Waals surface area (Å²) in [5.41, 5.74) is -0.0678. The van der Waals surface area contributed by atoms with Gasteiger partial charge in [-0.3, -0.25) is 14.8 Å². The highest BCUT2D eigenvalue weighted by Crippen LogP contribution is 2.31. The standard InChI is InChI=1S/C22H33N3O4S/c1-2-22(28,18-6-5-7-19(14-18)29-15-17-8-9-17)16-23-30-13-4-3-11-25-12-10-20(26)24-21(25)27/h5-7,14,17,23,28H,2-4,8-13,15-16H2,1H3,(H,24,26,27)/t22-/m1/s1. The zero-order chi connectivity index (χ0) is 21.4. The smallest absolute Gasteiger partial charge is 0.324 e. The Morgan fingerprint density at radius 3 is 2.90 bits per heavy atom. The maximum Gasteiger partial charge on any atom is 0.324 e. The molecule has 3 amide bonds. The summed E-state index contributed by atoms with van der Waals surface area (Å²) >= 11 is 1.59. The Hall–Kier alpha value is -1.77. The summed E-state index contributed by atoms with van der Waals surface area (Å²) in [6.07, 6.45) is 5.33. The Labute approximate surface area is 183 Å². The third-order valence-electron chi connectivity index (χ3n) is 5.67. The van der Waals surface area contributed by atoms with Gasteiger partial charge in [-0.1, -0.05) is 31.0 Å². The molecule has 1 aliphatic carbocycles. The number of hydrogen-bond acceptors (Lipinski definition) is 6. The van der Waals surface area contributed by atoms with Crippen LogP contribution in [-0.4, -0.2) is 53.9 Å². The number of hydrogen-bond donors (Lipinski definition) is 3. The molecule has 8 heteroatoms. The van der Waals surface area contributed by atoms with Crippen LogP contribution in [0.4, 0.5) is 4.79 Å². The molecule has 0 spiro atoms. The van der Waals surface area contributed by atoms with Gasteiger partial charge in [-0.05, 0) is 55.7 Å². The number of ether oxygens (including phenoxy) is 1. The van der Waals surface area contributed by atoms with Crippen LogP contribution < -0.4 is 14.8 Å². The van der Waals surface area contributed by atoms with Crippen LogP contribution in [-0.2, 0) is 10.4 Å². The van der Waals surface area contributed by atoms with Gasteiger partial charge in [0.25, 0.3) is 0 Å². The Kier molecular flexibility index (Phi) is 8.41. The molecular formula is C22H33N3O4S. The molecule has 1 aliphatic heterocycles. The van der Waals surface area contributed by atoms with Crippen molar-refractivity contribution in [2.75, 3.05) is 32.0 Å². The molecule has 7 nitrogen and oxygen atoms in total. The third kappa shape index (κ3) is 6.89. The van der Waals surface area contributed by atoms with E-state index in [1.807, 2.05) is 31.2 Å². The minimum atomic E-state index is -0.940. The first kappa shape index (κ1) is 22.9. The summed E-state index contributed by atoms with van der Waals surface area (Å²) in [4.78, 5) is 24.5. The van der Waals surface area contributed by atoms with Crippen molar-refractivity contribution in [2.45, 2.75) is 51.0 Å². The molecule has 0 bridgehead atoms. The molecular weight excluding hydrogens is 402 g/mol. The Bertz CT molecular complexity index is 728. The number of aliphatic hydroxyl groups is 1. The molecule has 1 saturated carbocycles. The molecule has 1 aromatic carbocycles. The number of amides is 3. The fourth-order valence-electron chi connectivity index (χ4n) is 3.34. The van der Waals surface area contributed by atoms with Crippen molar-refractivity contribution in [1.82, 2.24) is 14.9 Å². The van der Waals surface area contributed by atoms with Gasteiger partial charge in [0.1, 0.15) is 11.4 Å². The molecule has 3 rings (SSSR count). The number of carbonyl (C=O) groups excluding carboxylic acids is 2. The molecule has 0 radical (unpaired) electrons. The van der Waals surface area contributed by atoms with E-state index in [1.165, 1.54) is 12.8 Å². The van der Waals surface area contributed by atoms with Gasteiger partial charge in [0.05, 0.1) is 6.61 Å². The van der Waals surface area contributed by atoms with Crippen molar-refractivity contribution in [3.8, 4) is 5.75 Å². The van der Waals surface area contributed by atoms with E-state index in [2.05, 4.69) is 10.0 Å². The molecule has 2 aliphatic rings. The largest absolute Gasteiger partial charge is 0.493 e. The molecule has 0 unspecified atom stereocenters. The topological polar surface area (TPSA) is 90.9 Å². The summed E-state index contributed by atoms with van der Waals surface area (Å²) < 4.78 is 9.15. The molecule has 30 heavy (non-hydrogen) atoms. The van der Waals surface area contributed by atoms with Crippen molar-refractivity contribution in [1.29, 1.82) is 0 Å². The third-order valence-corrected chi connectivity index (χ3v) is 6.51. The average molecular weight is 436 g/mol. The minimum absolute atomic E-state index is 0.195. The van der Waals surface area contributed by atoms with Gasteiger partial charge < -0.3 is 14.7 Å². The molecule has 1 saturated heterocycles. The lowest BCUT2D eigenvalue weighted by molar-refractivity contribution is -0.121. The molecule has 1 atom stereocenters. The summed E-state index contributed by atoms with van der Waals surface area (Å²) in [7, 11) is 0. The van der Waals surface area contributed by atoms with Crippen LogP contribution >= 0.6 is 11.9 Å². The molecule has 3 N–H and O–H groups in total. The highest BCUT2D eigenvalue weighted by Gasteiger charge is 2.28. The van der Waals surface area contributed by atoms with E-state index in [0.717, 1.165) is 36.5 Å². The van der Waals surface area contributed by atoms with Crippen molar-refractivity contribution in [2.24, 2.45) is 5.92 Å². The van der Waals surface area contributed by atoms with Crippen LogP contribution in [0.1, 0.15) is 51.0 Å². The number of rotatable bonds is 13. The second kappa shape index (κ2) is 11.0. The highest BCUT2D eigenvalue weighted by molar-refractivity contribution is 7.97. The maximum absolute atomic E-state index is 11.7. The van der Waals surface area contributed by atoms with E-state index in [9.17, 15) is 14.7 Å². The van der Waals surface area contributed by atoms with Gasteiger partial charge in [0, 0.05) is 31.8 Å². The molecule has 2 fully saturated rings.